The van der Waals surface area contributed by atoms with Crippen molar-refractivity contribution in [3.8, 4) is 0 Å². The van der Waals surface area contributed by atoms with Gasteiger partial charge in [-0.1, -0.05) is 11.6 Å². The molecular weight excluding hydrogens is 298 g/mol. The zero-order chi connectivity index (χ0) is 16.7. The summed E-state index contributed by atoms with van der Waals surface area (Å²) in [4.78, 5) is 20.1. The largest absolute Gasteiger partial charge is 0.349 e. The fraction of sp³-hybridized carbons (Fsp3) is 0.500. The third-order valence-corrected chi connectivity index (χ3v) is 5.49. The van der Waals surface area contributed by atoms with Gasteiger partial charge in [-0.2, -0.15) is 0 Å². The minimum Gasteiger partial charge on any atom is -0.349 e. The molecule has 2 saturated heterocycles. The quantitative estimate of drug-likeness (QED) is 0.923. The van der Waals surface area contributed by atoms with E-state index in [1.807, 2.05) is 25.1 Å². The molecule has 1 amide bonds. The zero-order valence-electron chi connectivity index (χ0n) is 14.5. The summed E-state index contributed by atoms with van der Waals surface area (Å²) in [6.45, 7) is 6.35. The number of nitrogens with one attached hydrogen (secondary N) is 1. The molecule has 2 fully saturated rings. The first kappa shape index (κ1) is 15.6. The van der Waals surface area contributed by atoms with Gasteiger partial charge >= 0.3 is 0 Å². The van der Waals surface area contributed by atoms with E-state index in [0.29, 0.717) is 12.1 Å². The van der Waals surface area contributed by atoms with Gasteiger partial charge in [0.25, 0.3) is 5.91 Å². The van der Waals surface area contributed by atoms with Gasteiger partial charge in [0.15, 0.2) is 0 Å². The molecule has 1 aromatic carbocycles. The molecule has 0 radical (unpaired) electrons. The molecule has 4 heteroatoms. The van der Waals surface area contributed by atoms with Crippen LogP contribution in [0, 0.1) is 13.8 Å². The lowest BCUT2D eigenvalue weighted by Crippen LogP contribution is -2.47. The normalized spacial score (nSPS) is 24.1. The van der Waals surface area contributed by atoms with E-state index in [0.717, 1.165) is 47.1 Å². The van der Waals surface area contributed by atoms with Crippen molar-refractivity contribution in [1.82, 2.24) is 15.2 Å². The van der Waals surface area contributed by atoms with Crippen molar-refractivity contribution in [2.75, 3.05) is 13.1 Å². The second-order valence-corrected chi connectivity index (χ2v) is 7.36. The average Bonchev–Trinajstić information content (AvgIpc) is 3.02. The first-order valence-electron chi connectivity index (χ1n) is 9.03. The predicted molar refractivity (Wildman–Crippen MR) is 96.3 cm³/mol. The number of pyridine rings is 1. The molecule has 0 bridgehead atoms. The Hall–Kier alpha value is -1.94. The van der Waals surface area contributed by atoms with E-state index < -0.39 is 0 Å². The summed E-state index contributed by atoms with van der Waals surface area (Å²) < 4.78 is 0. The van der Waals surface area contributed by atoms with Crippen molar-refractivity contribution in [3.63, 3.8) is 0 Å². The Morgan fingerprint density at radius 1 is 1.21 bits per heavy atom. The molecule has 0 aliphatic carbocycles. The van der Waals surface area contributed by atoms with E-state index in [2.05, 4.69) is 28.2 Å². The third kappa shape index (κ3) is 2.91. The maximum absolute atomic E-state index is 12.9. The van der Waals surface area contributed by atoms with Gasteiger partial charge < -0.3 is 10.2 Å². The van der Waals surface area contributed by atoms with Crippen LogP contribution in [0.1, 0.15) is 47.3 Å². The molecule has 2 atom stereocenters. The van der Waals surface area contributed by atoms with E-state index in [4.69, 9.17) is 0 Å². The summed E-state index contributed by atoms with van der Waals surface area (Å²) in [6, 6.07) is 9.00. The van der Waals surface area contributed by atoms with Crippen LogP contribution in [0.4, 0.5) is 0 Å². The predicted octanol–water partition coefficient (Wildman–Crippen LogP) is 3.21. The zero-order valence-corrected chi connectivity index (χ0v) is 14.5. The van der Waals surface area contributed by atoms with E-state index in [9.17, 15) is 4.79 Å². The van der Waals surface area contributed by atoms with Gasteiger partial charge in [-0.3, -0.25) is 9.78 Å². The van der Waals surface area contributed by atoms with E-state index in [1.54, 1.807) is 0 Å². The second-order valence-electron chi connectivity index (χ2n) is 7.36. The number of fused-ring (bicyclic) bond motifs is 2. The molecule has 4 rings (SSSR count). The minimum atomic E-state index is 0.0487. The molecule has 24 heavy (non-hydrogen) atoms. The molecule has 1 N–H and O–H groups in total. The molecule has 0 spiro atoms. The van der Waals surface area contributed by atoms with Crippen molar-refractivity contribution in [2.24, 2.45) is 0 Å². The van der Waals surface area contributed by atoms with Crippen molar-refractivity contribution >= 4 is 16.8 Å². The number of carbonyl (C=O) groups is 1. The minimum absolute atomic E-state index is 0.0487. The summed E-state index contributed by atoms with van der Waals surface area (Å²) in [6.07, 6.45) is 4.73. The molecule has 2 aliphatic rings. The molecule has 2 aromatic rings. The highest BCUT2D eigenvalue weighted by atomic mass is 16.1. The van der Waals surface area contributed by atoms with Crippen molar-refractivity contribution in [3.05, 3.63) is 41.1 Å². The maximum Gasteiger partial charge on any atom is 0.252 e. The van der Waals surface area contributed by atoms with Gasteiger partial charge in [0, 0.05) is 29.7 Å². The summed E-state index contributed by atoms with van der Waals surface area (Å²) in [5.41, 5.74) is 3.70. The second kappa shape index (κ2) is 6.17. The van der Waals surface area contributed by atoms with Crippen LogP contribution in [0.5, 0.6) is 0 Å². The average molecular weight is 323 g/mol. The van der Waals surface area contributed by atoms with Gasteiger partial charge in [0.1, 0.15) is 0 Å². The molecule has 1 aromatic heterocycles. The molecule has 2 aliphatic heterocycles. The number of rotatable bonds is 2. The lowest BCUT2D eigenvalue weighted by molar-refractivity contribution is 0.0897. The number of hydrogen-bond donors (Lipinski definition) is 1. The summed E-state index contributed by atoms with van der Waals surface area (Å²) in [7, 11) is 0. The van der Waals surface area contributed by atoms with E-state index in [-0.39, 0.29) is 5.91 Å². The molecular formula is C20H25N3O. The Kier molecular flexibility index (Phi) is 4.01. The number of carbonyl (C=O) groups excluding carboxylic acids is 1. The van der Waals surface area contributed by atoms with Crippen LogP contribution >= 0.6 is 0 Å². The highest BCUT2D eigenvalue weighted by molar-refractivity contribution is 6.06. The number of aromatic nitrogens is 1. The molecule has 126 valence electrons. The number of aryl methyl sites for hydroxylation is 2. The number of amides is 1. The highest BCUT2D eigenvalue weighted by Gasteiger charge is 2.32. The van der Waals surface area contributed by atoms with Crippen LogP contribution in [0.2, 0.25) is 0 Å². The highest BCUT2D eigenvalue weighted by Crippen LogP contribution is 2.27. The molecule has 0 saturated carbocycles. The first-order chi connectivity index (χ1) is 11.6. The Balaban J connectivity index is 1.58. The van der Waals surface area contributed by atoms with Gasteiger partial charge in [-0.05, 0) is 64.3 Å². The summed E-state index contributed by atoms with van der Waals surface area (Å²) in [5, 5.41) is 4.25. The van der Waals surface area contributed by atoms with Crippen molar-refractivity contribution in [2.45, 2.75) is 51.6 Å². The van der Waals surface area contributed by atoms with Crippen LogP contribution in [-0.2, 0) is 0 Å². The Morgan fingerprint density at radius 3 is 2.96 bits per heavy atom. The van der Waals surface area contributed by atoms with Crippen LogP contribution in [0.15, 0.2) is 24.3 Å². The van der Waals surface area contributed by atoms with Gasteiger partial charge in [0.2, 0.25) is 0 Å². The van der Waals surface area contributed by atoms with Gasteiger partial charge in [-0.15, -0.1) is 0 Å². The van der Waals surface area contributed by atoms with E-state index >= 15 is 0 Å². The van der Waals surface area contributed by atoms with Crippen molar-refractivity contribution in [1.29, 1.82) is 0 Å². The summed E-state index contributed by atoms with van der Waals surface area (Å²) in [5.74, 6) is 0.0487. The number of benzene rings is 1. The SMILES string of the molecule is Cc1ccc2nc(C)cc(C(=O)NC3CCN4CCCC4C3)c2c1. The summed E-state index contributed by atoms with van der Waals surface area (Å²) >= 11 is 0. The smallest absolute Gasteiger partial charge is 0.252 e. The maximum atomic E-state index is 12.9. The monoisotopic (exact) mass is 323 g/mol. The lowest BCUT2D eigenvalue weighted by atomic mass is 9.97. The fourth-order valence-electron chi connectivity index (χ4n) is 4.28. The third-order valence-electron chi connectivity index (χ3n) is 5.49. The molecule has 4 nitrogen and oxygen atoms in total. The van der Waals surface area contributed by atoms with Crippen LogP contribution in [0.25, 0.3) is 10.9 Å². The van der Waals surface area contributed by atoms with E-state index in [1.165, 1.54) is 19.4 Å². The van der Waals surface area contributed by atoms with Crippen LogP contribution in [-0.4, -0.2) is 41.0 Å². The molecule has 3 heterocycles. The fourth-order valence-corrected chi connectivity index (χ4v) is 4.28. The molecule has 2 unspecified atom stereocenters. The number of nitrogens with zero attached hydrogens (tertiary/aromatic N) is 2. The standard InChI is InChI=1S/C20H25N3O/c1-13-5-6-19-17(10-13)18(11-14(2)21-19)20(24)22-15-7-9-23-8-3-4-16(23)12-15/h5-6,10-11,15-16H,3-4,7-9,12H2,1-2H3,(H,22,24). The Bertz CT molecular complexity index is 786. The first-order valence-corrected chi connectivity index (χ1v) is 9.03. The number of hydrogen-bond acceptors (Lipinski definition) is 3. The van der Waals surface area contributed by atoms with Crippen LogP contribution < -0.4 is 5.32 Å². The van der Waals surface area contributed by atoms with Gasteiger partial charge in [-0.25, -0.2) is 0 Å². The number of piperidine rings is 1. The van der Waals surface area contributed by atoms with Gasteiger partial charge in [0.05, 0.1) is 11.1 Å². The topological polar surface area (TPSA) is 45.2 Å². The van der Waals surface area contributed by atoms with Crippen molar-refractivity contribution < 1.29 is 4.79 Å². The Labute approximate surface area is 143 Å². The van der Waals surface area contributed by atoms with Crippen LogP contribution in [0.3, 0.4) is 0 Å². The Morgan fingerprint density at radius 2 is 2.08 bits per heavy atom. The lowest BCUT2D eigenvalue weighted by Gasteiger charge is -2.35.